The van der Waals surface area contributed by atoms with Crippen LogP contribution in [0.5, 0.6) is 5.75 Å². The van der Waals surface area contributed by atoms with Crippen LogP contribution in [0, 0.1) is 0 Å². The van der Waals surface area contributed by atoms with Gasteiger partial charge in [0, 0.05) is 4.47 Å². The molecule has 2 heterocycles. The smallest absolute Gasteiger partial charge is 0.338 e. The molecule has 1 aromatic heterocycles. The maximum Gasteiger partial charge on any atom is 0.338 e. The Bertz CT molecular complexity index is 1420. The van der Waals surface area contributed by atoms with Gasteiger partial charge in [0.1, 0.15) is 5.75 Å². The van der Waals surface area contributed by atoms with Crippen LogP contribution >= 0.6 is 43.2 Å². The van der Waals surface area contributed by atoms with E-state index in [0.717, 1.165) is 15.6 Å². The fourth-order valence-corrected chi connectivity index (χ4v) is 5.22. The van der Waals surface area contributed by atoms with Gasteiger partial charge in [0.15, 0.2) is 4.80 Å². The summed E-state index contributed by atoms with van der Waals surface area (Å²) in [4.78, 5) is 31.4. The van der Waals surface area contributed by atoms with Gasteiger partial charge < -0.3 is 9.84 Å². The first-order valence-corrected chi connectivity index (χ1v) is 12.1. The number of thiazole rings is 1. The van der Waals surface area contributed by atoms with Crippen molar-refractivity contribution in [3.05, 3.63) is 93.5 Å². The number of hydrogen-bond acceptors (Lipinski definition) is 6. The van der Waals surface area contributed by atoms with Crippen LogP contribution in [-0.2, 0) is 9.53 Å². The molecule has 32 heavy (non-hydrogen) atoms. The summed E-state index contributed by atoms with van der Waals surface area (Å²) in [5, 5.41) is 9.74. The number of carbonyl (C=O) groups excluding carboxylic acids is 1. The standard InChI is InChI=1S/C23H18Br2N2O4S/c1-3-31-22(30)19-12(2)26-23-27(20(19)14-5-7-15(24)8-6-14)21(29)18(32-23)11-13-4-9-17(28)16(25)10-13/h4-11,20,28H,3H2,1-2H3/b18-11-/t20-/m0/s1. The molecule has 1 aliphatic rings. The van der Waals surface area contributed by atoms with Crippen LogP contribution in [0.25, 0.3) is 6.08 Å². The highest BCUT2D eigenvalue weighted by atomic mass is 79.9. The molecular weight excluding hydrogens is 560 g/mol. The number of carbonyl (C=O) groups is 1. The van der Waals surface area contributed by atoms with Crippen LogP contribution < -0.4 is 14.9 Å². The average Bonchev–Trinajstić information content (AvgIpc) is 3.05. The molecule has 0 saturated carbocycles. The van der Waals surface area contributed by atoms with Gasteiger partial charge in [-0.25, -0.2) is 9.79 Å². The highest BCUT2D eigenvalue weighted by Gasteiger charge is 2.33. The molecule has 4 rings (SSSR count). The second-order valence-electron chi connectivity index (χ2n) is 7.06. The lowest BCUT2D eigenvalue weighted by Crippen LogP contribution is -2.39. The van der Waals surface area contributed by atoms with Gasteiger partial charge in [-0.1, -0.05) is 45.5 Å². The van der Waals surface area contributed by atoms with Crippen LogP contribution in [0.1, 0.15) is 31.0 Å². The number of benzene rings is 2. The third kappa shape index (κ3) is 4.24. The Labute approximate surface area is 204 Å². The zero-order chi connectivity index (χ0) is 23.0. The lowest BCUT2D eigenvalue weighted by atomic mass is 9.96. The molecule has 0 aliphatic carbocycles. The second kappa shape index (κ2) is 9.17. The molecule has 1 aliphatic heterocycles. The molecule has 2 aromatic carbocycles. The van der Waals surface area contributed by atoms with Crippen LogP contribution in [0.3, 0.4) is 0 Å². The molecular formula is C23H18Br2N2O4S. The van der Waals surface area contributed by atoms with Crippen molar-refractivity contribution in [3.63, 3.8) is 0 Å². The minimum absolute atomic E-state index is 0.119. The van der Waals surface area contributed by atoms with Crippen molar-refractivity contribution in [2.75, 3.05) is 6.61 Å². The van der Waals surface area contributed by atoms with Gasteiger partial charge in [0.2, 0.25) is 0 Å². The van der Waals surface area contributed by atoms with Crippen molar-refractivity contribution in [2.24, 2.45) is 4.99 Å². The summed E-state index contributed by atoms with van der Waals surface area (Å²) in [7, 11) is 0. The molecule has 0 amide bonds. The Morgan fingerprint density at radius 3 is 2.62 bits per heavy atom. The van der Waals surface area contributed by atoms with Gasteiger partial charge in [0.25, 0.3) is 5.56 Å². The van der Waals surface area contributed by atoms with Crippen LogP contribution in [0.4, 0.5) is 0 Å². The Balaban J connectivity index is 1.95. The minimum atomic E-state index is -0.646. The highest BCUT2D eigenvalue weighted by Crippen LogP contribution is 2.31. The van der Waals surface area contributed by atoms with E-state index in [9.17, 15) is 14.7 Å². The predicted molar refractivity (Wildman–Crippen MR) is 130 cm³/mol. The minimum Gasteiger partial charge on any atom is -0.507 e. The number of aromatic nitrogens is 1. The van der Waals surface area contributed by atoms with E-state index >= 15 is 0 Å². The van der Waals surface area contributed by atoms with E-state index < -0.39 is 12.0 Å². The van der Waals surface area contributed by atoms with Gasteiger partial charge in [0.05, 0.1) is 32.9 Å². The first kappa shape index (κ1) is 22.7. The predicted octanol–water partition coefficient (Wildman–Crippen LogP) is 4.03. The number of allylic oxidation sites excluding steroid dienone is 1. The van der Waals surface area contributed by atoms with Crippen molar-refractivity contribution in [1.29, 1.82) is 0 Å². The zero-order valence-corrected chi connectivity index (χ0v) is 21.1. The SMILES string of the molecule is CCOC(=O)C1=C(C)N=c2s/c(=C\c3ccc(O)c(Br)c3)c(=O)n2[C@H]1c1ccc(Br)cc1. The molecule has 1 N–H and O–H groups in total. The Kier molecular flexibility index (Phi) is 6.50. The van der Waals surface area contributed by atoms with Gasteiger partial charge in [-0.3, -0.25) is 9.36 Å². The van der Waals surface area contributed by atoms with E-state index in [0.29, 0.717) is 25.1 Å². The Hall–Kier alpha value is -2.49. The summed E-state index contributed by atoms with van der Waals surface area (Å²) in [6, 6.07) is 11.9. The molecule has 1 atom stereocenters. The summed E-state index contributed by atoms with van der Waals surface area (Å²) in [5.41, 5.74) is 2.16. The van der Waals surface area contributed by atoms with Gasteiger partial charge in [-0.2, -0.15) is 0 Å². The second-order valence-corrected chi connectivity index (χ2v) is 9.84. The van der Waals surface area contributed by atoms with Crippen LogP contribution in [-0.4, -0.2) is 22.2 Å². The lowest BCUT2D eigenvalue weighted by molar-refractivity contribution is -0.139. The maximum atomic E-state index is 13.5. The molecule has 6 nitrogen and oxygen atoms in total. The number of esters is 1. The quantitative estimate of drug-likeness (QED) is 0.475. The topological polar surface area (TPSA) is 80.9 Å². The maximum absolute atomic E-state index is 13.5. The van der Waals surface area contributed by atoms with Crippen LogP contribution in [0.15, 0.2) is 72.5 Å². The van der Waals surface area contributed by atoms with E-state index in [1.54, 1.807) is 42.7 Å². The van der Waals surface area contributed by atoms with Gasteiger partial charge in [-0.15, -0.1) is 0 Å². The van der Waals surface area contributed by atoms with E-state index in [-0.39, 0.29) is 17.9 Å². The number of phenolic OH excluding ortho intramolecular Hbond substituents is 1. The van der Waals surface area contributed by atoms with Crippen molar-refractivity contribution < 1.29 is 14.6 Å². The first-order chi connectivity index (χ1) is 15.3. The largest absolute Gasteiger partial charge is 0.507 e. The third-order valence-electron chi connectivity index (χ3n) is 4.97. The Morgan fingerprint density at radius 2 is 1.97 bits per heavy atom. The number of halogens is 2. The number of phenols is 1. The fraction of sp³-hybridized carbons (Fsp3) is 0.174. The lowest BCUT2D eigenvalue weighted by Gasteiger charge is -2.24. The summed E-state index contributed by atoms with van der Waals surface area (Å²) in [6.07, 6.45) is 1.75. The van der Waals surface area contributed by atoms with E-state index in [1.807, 2.05) is 24.3 Å². The molecule has 0 fully saturated rings. The highest BCUT2D eigenvalue weighted by molar-refractivity contribution is 9.10. The number of ether oxygens (including phenoxy) is 1. The van der Waals surface area contributed by atoms with Crippen molar-refractivity contribution in [1.82, 2.24) is 4.57 Å². The number of fused-ring (bicyclic) bond motifs is 1. The summed E-state index contributed by atoms with van der Waals surface area (Å²) in [5.74, 6) is -0.369. The number of rotatable bonds is 4. The number of hydrogen-bond donors (Lipinski definition) is 1. The van der Waals surface area contributed by atoms with Crippen molar-refractivity contribution >= 4 is 55.2 Å². The zero-order valence-electron chi connectivity index (χ0n) is 17.1. The molecule has 164 valence electrons. The molecule has 0 radical (unpaired) electrons. The van der Waals surface area contributed by atoms with Crippen molar-refractivity contribution in [3.8, 4) is 5.75 Å². The van der Waals surface area contributed by atoms with Gasteiger partial charge in [-0.05, 0) is 71.2 Å². The van der Waals surface area contributed by atoms with Gasteiger partial charge >= 0.3 is 5.97 Å². The molecule has 0 unspecified atom stereocenters. The summed E-state index contributed by atoms with van der Waals surface area (Å²) < 4.78 is 8.75. The molecule has 9 heteroatoms. The third-order valence-corrected chi connectivity index (χ3v) is 7.12. The van der Waals surface area contributed by atoms with E-state index in [1.165, 1.54) is 11.3 Å². The van der Waals surface area contributed by atoms with E-state index in [4.69, 9.17) is 4.74 Å². The normalized spacial score (nSPS) is 16.0. The molecule has 0 bridgehead atoms. The average molecular weight is 578 g/mol. The van der Waals surface area contributed by atoms with E-state index in [2.05, 4.69) is 36.9 Å². The Morgan fingerprint density at radius 1 is 1.25 bits per heavy atom. The van der Waals surface area contributed by atoms with Crippen molar-refractivity contribution in [2.45, 2.75) is 19.9 Å². The summed E-state index contributed by atoms with van der Waals surface area (Å²) >= 11 is 7.98. The molecule has 0 spiro atoms. The monoisotopic (exact) mass is 576 g/mol. The molecule has 0 saturated heterocycles. The van der Waals surface area contributed by atoms with Crippen LogP contribution in [0.2, 0.25) is 0 Å². The fourth-order valence-electron chi connectivity index (χ4n) is 3.52. The summed E-state index contributed by atoms with van der Waals surface area (Å²) in [6.45, 7) is 3.72. The number of nitrogens with zero attached hydrogens (tertiary/aromatic N) is 2. The number of aromatic hydroxyl groups is 1. The first-order valence-electron chi connectivity index (χ1n) is 9.73. The molecule has 3 aromatic rings.